The number of benzene rings is 1. The van der Waals surface area contributed by atoms with Gasteiger partial charge < -0.3 is 10.8 Å². The number of carboxylic acid groups (broad SMARTS) is 1. The summed E-state index contributed by atoms with van der Waals surface area (Å²) >= 11 is 12.1. The summed E-state index contributed by atoms with van der Waals surface area (Å²) in [6, 6.07) is 3.19. The Labute approximate surface area is 135 Å². The molecule has 1 aromatic rings. The predicted octanol–water partition coefficient (Wildman–Crippen LogP) is 4.96. The van der Waals surface area contributed by atoms with Gasteiger partial charge in [0.1, 0.15) is 0 Å². The highest BCUT2D eigenvalue weighted by Gasteiger charge is 2.34. The van der Waals surface area contributed by atoms with Crippen molar-refractivity contribution in [3.63, 3.8) is 0 Å². The summed E-state index contributed by atoms with van der Waals surface area (Å²) < 4.78 is 0. The Morgan fingerprint density at radius 1 is 1.29 bits per heavy atom. The van der Waals surface area contributed by atoms with E-state index in [0.717, 1.165) is 12.8 Å². The SMILES string of the molecule is CC(C1CCCCC1)C(C(=O)O)c1cc(Cl)cc(Cl)c1N. The number of nitrogen functional groups attached to an aromatic ring is 1. The van der Waals surface area contributed by atoms with Gasteiger partial charge in [0.2, 0.25) is 0 Å². The maximum atomic E-state index is 11.8. The van der Waals surface area contributed by atoms with Gasteiger partial charge in [0.05, 0.1) is 16.6 Å². The van der Waals surface area contributed by atoms with Gasteiger partial charge in [-0.25, -0.2) is 0 Å². The number of hydrogen-bond acceptors (Lipinski definition) is 2. The van der Waals surface area contributed by atoms with Crippen LogP contribution in [0.25, 0.3) is 0 Å². The Kier molecular flexibility index (Phi) is 5.39. The van der Waals surface area contributed by atoms with Crippen LogP contribution in [0.3, 0.4) is 0 Å². The number of halogens is 2. The molecule has 1 aliphatic rings. The largest absolute Gasteiger partial charge is 0.481 e. The Bertz CT molecular complexity index is 527. The zero-order chi connectivity index (χ0) is 15.6. The average Bonchev–Trinajstić information content (AvgIpc) is 2.44. The van der Waals surface area contributed by atoms with Crippen LogP contribution in [0.4, 0.5) is 5.69 Å². The van der Waals surface area contributed by atoms with Crippen molar-refractivity contribution in [1.29, 1.82) is 0 Å². The molecule has 0 aliphatic heterocycles. The van der Waals surface area contributed by atoms with Gasteiger partial charge in [0, 0.05) is 5.02 Å². The first kappa shape index (κ1) is 16.4. The van der Waals surface area contributed by atoms with E-state index in [0.29, 0.717) is 27.2 Å². The van der Waals surface area contributed by atoms with Crippen molar-refractivity contribution in [1.82, 2.24) is 0 Å². The molecule has 2 unspecified atom stereocenters. The van der Waals surface area contributed by atoms with Crippen molar-refractivity contribution >= 4 is 34.9 Å². The van der Waals surface area contributed by atoms with Crippen LogP contribution in [0.2, 0.25) is 10.0 Å². The molecule has 2 atom stereocenters. The second kappa shape index (κ2) is 6.89. The number of aliphatic carboxylic acids is 1. The number of nitrogens with two attached hydrogens (primary N) is 1. The smallest absolute Gasteiger partial charge is 0.311 e. The lowest BCUT2D eigenvalue weighted by molar-refractivity contribution is -0.140. The molecule has 1 fully saturated rings. The van der Waals surface area contributed by atoms with E-state index >= 15 is 0 Å². The zero-order valence-electron chi connectivity index (χ0n) is 12.1. The molecular weight excluding hydrogens is 309 g/mol. The normalized spacial score (nSPS) is 19.2. The third-order valence-corrected chi connectivity index (χ3v) is 5.18. The van der Waals surface area contributed by atoms with Crippen LogP contribution < -0.4 is 5.73 Å². The van der Waals surface area contributed by atoms with Gasteiger partial charge in [-0.2, -0.15) is 0 Å². The average molecular weight is 330 g/mol. The number of carbonyl (C=O) groups is 1. The van der Waals surface area contributed by atoms with Crippen molar-refractivity contribution in [2.24, 2.45) is 11.8 Å². The molecule has 0 aromatic heterocycles. The Hall–Kier alpha value is -0.930. The number of carboxylic acids is 1. The quantitative estimate of drug-likeness (QED) is 0.767. The lowest BCUT2D eigenvalue weighted by Crippen LogP contribution is -2.28. The van der Waals surface area contributed by atoms with Crippen molar-refractivity contribution < 1.29 is 9.90 Å². The minimum Gasteiger partial charge on any atom is -0.481 e. The lowest BCUT2D eigenvalue weighted by Gasteiger charge is -2.32. The Morgan fingerprint density at radius 2 is 1.90 bits per heavy atom. The third-order valence-electron chi connectivity index (χ3n) is 4.65. The summed E-state index contributed by atoms with van der Waals surface area (Å²) in [5.74, 6) is -1.10. The molecule has 0 amide bonds. The Morgan fingerprint density at radius 3 is 2.48 bits per heavy atom. The van der Waals surface area contributed by atoms with Crippen molar-refractivity contribution in [2.45, 2.75) is 44.9 Å². The summed E-state index contributed by atoms with van der Waals surface area (Å²) in [4.78, 5) is 11.8. The lowest BCUT2D eigenvalue weighted by atomic mass is 9.72. The minimum absolute atomic E-state index is 0.0135. The van der Waals surface area contributed by atoms with E-state index in [1.54, 1.807) is 12.1 Å². The molecule has 116 valence electrons. The summed E-state index contributed by atoms with van der Waals surface area (Å²) in [7, 11) is 0. The Balaban J connectivity index is 2.37. The van der Waals surface area contributed by atoms with E-state index in [9.17, 15) is 9.90 Å². The first-order valence-corrected chi connectivity index (χ1v) is 8.14. The maximum Gasteiger partial charge on any atom is 0.311 e. The number of rotatable bonds is 4. The number of hydrogen-bond donors (Lipinski definition) is 2. The molecule has 0 spiro atoms. The summed E-state index contributed by atoms with van der Waals surface area (Å²) in [6.45, 7) is 2.00. The van der Waals surface area contributed by atoms with E-state index in [-0.39, 0.29) is 5.92 Å². The molecule has 1 aliphatic carbocycles. The molecule has 0 radical (unpaired) electrons. The fraction of sp³-hybridized carbons (Fsp3) is 0.562. The first-order valence-electron chi connectivity index (χ1n) is 7.39. The zero-order valence-corrected chi connectivity index (χ0v) is 13.6. The summed E-state index contributed by atoms with van der Waals surface area (Å²) in [5, 5.41) is 10.4. The van der Waals surface area contributed by atoms with Crippen LogP contribution in [0.15, 0.2) is 12.1 Å². The fourth-order valence-electron chi connectivity index (χ4n) is 3.44. The van der Waals surface area contributed by atoms with Crippen LogP contribution >= 0.6 is 23.2 Å². The van der Waals surface area contributed by atoms with Gasteiger partial charge >= 0.3 is 5.97 Å². The fourth-order valence-corrected chi connectivity index (χ4v) is 3.94. The standard InChI is InChI=1S/C16H21Cl2NO2/c1-9(10-5-3-2-4-6-10)14(16(20)21)12-7-11(17)8-13(18)15(12)19/h7-10,14H,2-6,19H2,1H3,(H,20,21). The molecule has 3 nitrogen and oxygen atoms in total. The van der Waals surface area contributed by atoms with Crippen LogP contribution in [0.5, 0.6) is 0 Å². The molecule has 2 rings (SSSR count). The van der Waals surface area contributed by atoms with Crippen LogP contribution in [-0.2, 0) is 4.79 Å². The molecule has 1 saturated carbocycles. The second-order valence-corrected chi connectivity index (χ2v) is 6.81. The van der Waals surface area contributed by atoms with E-state index in [2.05, 4.69) is 0 Å². The van der Waals surface area contributed by atoms with Crippen molar-refractivity contribution in [3.8, 4) is 0 Å². The topological polar surface area (TPSA) is 63.3 Å². The number of anilines is 1. The highest BCUT2D eigenvalue weighted by atomic mass is 35.5. The van der Waals surface area contributed by atoms with Crippen molar-refractivity contribution in [3.05, 3.63) is 27.7 Å². The molecule has 1 aromatic carbocycles. The molecule has 0 heterocycles. The van der Waals surface area contributed by atoms with E-state index < -0.39 is 11.9 Å². The third kappa shape index (κ3) is 3.64. The van der Waals surface area contributed by atoms with Gasteiger partial charge in [-0.15, -0.1) is 0 Å². The molecule has 3 N–H and O–H groups in total. The highest BCUT2D eigenvalue weighted by molar-refractivity contribution is 6.36. The minimum atomic E-state index is -0.863. The summed E-state index contributed by atoms with van der Waals surface area (Å²) in [6.07, 6.45) is 5.75. The monoisotopic (exact) mass is 329 g/mol. The van der Waals surface area contributed by atoms with Gasteiger partial charge in [0.15, 0.2) is 0 Å². The molecular formula is C16H21Cl2NO2. The maximum absolute atomic E-state index is 11.8. The van der Waals surface area contributed by atoms with E-state index in [1.165, 1.54) is 19.3 Å². The predicted molar refractivity (Wildman–Crippen MR) is 87.0 cm³/mol. The molecule has 5 heteroatoms. The van der Waals surface area contributed by atoms with Crippen LogP contribution in [0, 0.1) is 11.8 Å². The van der Waals surface area contributed by atoms with Gasteiger partial charge in [0.25, 0.3) is 0 Å². The van der Waals surface area contributed by atoms with Crippen molar-refractivity contribution in [2.75, 3.05) is 5.73 Å². The van der Waals surface area contributed by atoms with Gasteiger partial charge in [-0.1, -0.05) is 62.2 Å². The van der Waals surface area contributed by atoms with E-state index in [1.807, 2.05) is 6.92 Å². The first-order chi connectivity index (χ1) is 9.91. The van der Waals surface area contributed by atoms with Gasteiger partial charge in [-0.05, 0) is 29.5 Å². The molecule has 21 heavy (non-hydrogen) atoms. The van der Waals surface area contributed by atoms with E-state index in [4.69, 9.17) is 28.9 Å². The molecule has 0 saturated heterocycles. The highest BCUT2D eigenvalue weighted by Crippen LogP contribution is 2.42. The summed E-state index contributed by atoms with van der Waals surface area (Å²) in [5.41, 5.74) is 6.87. The van der Waals surface area contributed by atoms with Gasteiger partial charge in [-0.3, -0.25) is 4.79 Å². The van der Waals surface area contributed by atoms with Crippen LogP contribution in [0.1, 0.15) is 50.5 Å². The second-order valence-electron chi connectivity index (χ2n) is 5.96. The molecule has 0 bridgehead atoms. The van der Waals surface area contributed by atoms with Crippen LogP contribution in [-0.4, -0.2) is 11.1 Å².